The lowest BCUT2D eigenvalue weighted by atomic mass is 9.53. The van der Waals surface area contributed by atoms with Gasteiger partial charge in [-0.15, -0.1) is 0 Å². The van der Waals surface area contributed by atoms with Crippen molar-refractivity contribution < 1.29 is 23.9 Å². The molecule has 6 rings (SSSR count). The number of hydrogen-bond donors (Lipinski definition) is 3. The van der Waals surface area contributed by atoms with Crippen LogP contribution in [0.1, 0.15) is 54.6 Å². The van der Waals surface area contributed by atoms with Gasteiger partial charge in [-0.3, -0.25) is 19.5 Å². The van der Waals surface area contributed by atoms with Crippen LogP contribution in [0.5, 0.6) is 5.75 Å². The van der Waals surface area contributed by atoms with E-state index < -0.39 is 0 Å². The molecule has 0 radical (unpaired) electrons. The first kappa shape index (κ1) is 27.3. The number of benzene rings is 1. The summed E-state index contributed by atoms with van der Waals surface area (Å²) < 4.78 is 9.98. The smallest absolute Gasteiger partial charge is 0.311 e. The van der Waals surface area contributed by atoms with Gasteiger partial charge in [0.15, 0.2) is 11.5 Å². The maximum absolute atomic E-state index is 12.6. The number of nitrogens with two attached hydrogens (primary N) is 1. The van der Waals surface area contributed by atoms with Crippen LogP contribution in [0.4, 0.5) is 5.82 Å². The van der Waals surface area contributed by atoms with Gasteiger partial charge in [-0.05, 0) is 73.2 Å². The number of methoxy groups -OCH3 is 2. The lowest BCUT2D eigenvalue weighted by Gasteiger charge is -2.51. The van der Waals surface area contributed by atoms with Crippen LogP contribution in [0.25, 0.3) is 11.0 Å². The summed E-state index contributed by atoms with van der Waals surface area (Å²) >= 11 is 5.23. The van der Waals surface area contributed by atoms with Crippen LogP contribution in [0.2, 0.25) is 0 Å². The average molecular weight is 543 g/mol. The number of halogens is 1. The van der Waals surface area contributed by atoms with E-state index in [9.17, 15) is 14.4 Å². The molecule has 11 nitrogen and oxygen atoms in total. The number of hydrogen-bond acceptors (Lipinski definition) is 9. The number of aromatic amines is 1. The number of fused-ring (bicyclic) bond motifs is 4. The van der Waals surface area contributed by atoms with Crippen LogP contribution in [-0.4, -0.2) is 58.0 Å². The van der Waals surface area contributed by atoms with Crippen LogP contribution in [0.15, 0.2) is 30.6 Å². The molecule has 202 valence electrons. The number of ether oxygens (including phenoxy) is 2. The van der Waals surface area contributed by atoms with Crippen molar-refractivity contribution in [1.29, 1.82) is 0 Å². The highest BCUT2D eigenvalue weighted by molar-refractivity contribution is 6.63. The van der Waals surface area contributed by atoms with Crippen molar-refractivity contribution in [2.45, 2.75) is 44.9 Å². The number of nitrogen functional groups attached to an aromatic ring is 1. The second kappa shape index (κ2) is 11.3. The quantitative estimate of drug-likeness (QED) is 0.300. The van der Waals surface area contributed by atoms with E-state index in [2.05, 4.69) is 25.5 Å². The number of amides is 1. The Hall–Kier alpha value is -3.73. The Balaban J connectivity index is 0.000000236. The van der Waals surface area contributed by atoms with Crippen LogP contribution in [-0.2, 0) is 20.7 Å². The van der Waals surface area contributed by atoms with E-state index in [0.717, 1.165) is 49.8 Å². The molecule has 0 saturated heterocycles. The number of anilines is 1. The molecule has 4 N–H and O–H groups in total. The monoisotopic (exact) mass is 542 g/mol. The number of rotatable bonds is 7. The Bertz CT molecular complexity index is 1320. The topological polar surface area (TPSA) is 162 Å². The van der Waals surface area contributed by atoms with Gasteiger partial charge in [0.05, 0.1) is 19.6 Å². The third kappa shape index (κ3) is 5.72. The number of esters is 1. The Morgan fingerprint density at radius 1 is 1.11 bits per heavy atom. The Labute approximate surface area is 224 Å². The van der Waals surface area contributed by atoms with Crippen molar-refractivity contribution in [3.63, 3.8) is 0 Å². The molecule has 1 amide bonds. The van der Waals surface area contributed by atoms with Crippen molar-refractivity contribution in [3.05, 3.63) is 41.9 Å². The molecule has 0 spiro atoms. The third-order valence-corrected chi connectivity index (χ3v) is 7.85. The average Bonchev–Trinajstić information content (AvgIpc) is 3.33. The highest BCUT2D eigenvalue weighted by Gasteiger charge is 2.53. The predicted molar refractivity (Wildman–Crippen MR) is 141 cm³/mol. The van der Waals surface area contributed by atoms with E-state index in [1.165, 1.54) is 13.4 Å². The molecule has 38 heavy (non-hydrogen) atoms. The first-order valence-corrected chi connectivity index (χ1v) is 12.7. The van der Waals surface area contributed by atoms with E-state index in [0.29, 0.717) is 17.6 Å². The van der Waals surface area contributed by atoms with Gasteiger partial charge in [0.25, 0.3) is 5.91 Å². The molecule has 1 aromatic carbocycles. The van der Waals surface area contributed by atoms with Crippen LogP contribution in [0, 0.1) is 10.8 Å². The fraction of sp³-hybridized carbons (Fsp3) is 0.462. The van der Waals surface area contributed by atoms with Crippen LogP contribution < -0.4 is 15.8 Å². The Morgan fingerprint density at radius 3 is 2.45 bits per heavy atom. The number of nitrogens with zero attached hydrogens (tertiary/aromatic N) is 3. The molecule has 2 aromatic heterocycles. The Kier molecular flexibility index (Phi) is 8.15. The standard InChI is InChI=1S/C17H22N6O3.C9H9ClO2/c1-26-15(25)17-5-2-16(3-6-17,4-7-17)8-19-14(24)12-10-11(20-9-21-12)13(18)23-22-10;1-12-8-4-2-3-7(5-8)6-9(10)11/h9H,2-8H2,1H3,(H,19,24)(H3,18,22,23);2-5H,6H2,1H3. The molecule has 2 heterocycles. The molecule has 0 unspecified atom stereocenters. The number of aromatic nitrogens is 4. The molecule has 3 aromatic rings. The molecule has 12 heteroatoms. The summed E-state index contributed by atoms with van der Waals surface area (Å²) in [6, 6.07) is 7.28. The van der Waals surface area contributed by atoms with Crippen molar-refractivity contribution in [2.24, 2.45) is 10.8 Å². The van der Waals surface area contributed by atoms with Crippen molar-refractivity contribution in [3.8, 4) is 5.75 Å². The van der Waals surface area contributed by atoms with E-state index in [1.54, 1.807) is 13.2 Å². The zero-order valence-electron chi connectivity index (χ0n) is 21.4. The molecular weight excluding hydrogens is 512 g/mol. The summed E-state index contributed by atoms with van der Waals surface area (Å²) in [7, 11) is 3.04. The van der Waals surface area contributed by atoms with E-state index in [-0.39, 0.29) is 45.9 Å². The first-order chi connectivity index (χ1) is 18.2. The summed E-state index contributed by atoms with van der Waals surface area (Å²) in [5.74, 6) is 0.625. The minimum atomic E-state index is -0.358. The zero-order valence-corrected chi connectivity index (χ0v) is 22.1. The van der Waals surface area contributed by atoms with E-state index >= 15 is 0 Å². The summed E-state index contributed by atoms with van der Waals surface area (Å²) in [6.07, 6.45) is 6.78. The lowest BCUT2D eigenvalue weighted by Crippen LogP contribution is -2.50. The third-order valence-electron chi connectivity index (χ3n) is 7.71. The normalized spacial score (nSPS) is 21.8. The Morgan fingerprint density at radius 2 is 1.82 bits per heavy atom. The first-order valence-electron chi connectivity index (χ1n) is 12.3. The molecule has 3 aliphatic carbocycles. The fourth-order valence-corrected chi connectivity index (χ4v) is 5.53. The van der Waals surface area contributed by atoms with E-state index in [1.807, 2.05) is 18.2 Å². The van der Waals surface area contributed by atoms with Crippen molar-refractivity contribution in [1.82, 2.24) is 25.5 Å². The largest absolute Gasteiger partial charge is 0.497 e. The van der Waals surface area contributed by atoms with Gasteiger partial charge in [0, 0.05) is 13.0 Å². The van der Waals surface area contributed by atoms with Gasteiger partial charge in [-0.1, -0.05) is 12.1 Å². The molecule has 3 aliphatic rings. The summed E-state index contributed by atoms with van der Waals surface area (Å²) in [6.45, 7) is 0.568. The minimum Gasteiger partial charge on any atom is -0.497 e. The van der Waals surface area contributed by atoms with Gasteiger partial charge in [-0.25, -0.2) is 9.97 Å². The van der Waals surface area contributed by atoms with Crippen LogP contribution in [0.3, 0.4) is 0 Å². The second-order valence-electron chi connectivity index (χ2n) is 9.89. The molecular formula is C26H31ClN6O5. The second-order valence-corrected chi connectivity index (χ2v) is 10.3. The molecule has 0 atom stereocenters. The van der Waals surface area contributed by atoms with Crippen molar-refractivity contribution in [2.75, 3.05) is 26.5 Å². The zero-order chi connectivity index (χ0) is 27.3. The number of carbonyl (C=O) groups excluding carboxylic acids is 3. The fourth-order valence-electron chi connectivity index (χ4n) is 5.37. The van der Waals surface area contributed by atoms with Crippen molar-refractivity contribution >= 4 is 45.6 Å². The molecule has 0 aliphatic heterocycles. The molecule has 3 fully saturated rings. The van der Waals surface area contributed by atoms with Gasteiger partial charge >= 0.3 is 5.97 Å². The highest BCUT2D eigenvalue weighted by atomic mass is 35.5. The lowest BCUT2D eigenvalue weighted by molar-refractivity contribution is -0.162. The maximum atomic E-state index is 12.6. The summed E-state index contributed by atoms with van der Waals surface area (Å²) in [5, 5.41) is 9.25. The molecule has 2 bridgehead atoms. The predicted octanol–water partition coefficient (Wildman–Crippen LogP) is 3.18. The summed E-state index contributed by atoms with van der Waals surface area (Å²) in [5.41, 5.74) is 7.46. The van der Waals surface area contributed by atoms with Gasteiger partial charge in [0.2, 0.25) is 5.24 Å². The molecule has 3 saturated carbocycles. The van der Waals surface area contributed by atoms with Gasteiger partial charge in [-0.2, -0.15) is 5.10 Å². The number of H-pyrrole nitrogens is 1. The summed E-state index contributed by atoms with van der Waals surface area (Å²) in [4.78, 5) is 43.4. The number of nitrogens with one attached hydrogen (secondary N) is 2. The van der Waals surface area contributed by atoms with E-state index in [4.69, 9.17) is 26.8 Å². The van der Waals surface area contributed by atoms with Crippen LogP contribution >= 0.6 is 11.6 Å². The highest BCUT2D eigenvalue weighted by Crippen LogP contribution is 2.57. The maximum Gasteiger partial charge on any atom is 0.311 e. The SMILES string of the molecule is COC(=O)C12CCC(CNC(=O)c3ncnc4c(N)n[nH]c34)(CC1)CC2.COc1cccc(CC(=O)Cl)c1. The van der Waals surface area contributed by atoms with Gasteiger partial charge < -0.3 is 20.5 Å². The number of carbonyl (C=O) groups is 3. The minimum absolute atomic E-state index is 0.0462. The van der Waals surface area contributed by atoms with Gasteiger partial charge in [0.1, 0.15) is 23.1 Å².